The van der Waals surface area contributed by atoms with Gasteiger partial charge in [0.25, 0.3) is 0 Å². The molecule has 74 heavy (non-hydrogen) atoms. The molecule has 0 bridgehead atoms. The third-order valence-electron chi connectivity index (χ3n) is 14.0. The van der Waals surface area contributed by atoms with Crippen LogP contribution in [0.15, 0.2) is 72.9 Å². The van der Waals surface area contributed by atoms with Crippen LogP contribution in [-0.2, 0) is 28.6 Å². The van der Waals surface area contributed by atoms with E-state index in [1.807, 2.05) is 0 Å². The van der Waals surface area contributed by atoms with E-state index in [1.165, 1.54) is 186 Å². The van der Waals surface area contributed by atoms with Crippen LogP contribution in [0.4, 0.5) is 0 Å². The number of unbranched alkanes of at least 4 members (excludes halogenated alkanes) is 35. The van der Waals surface area contributed by atoms with E-state index in [9.17, 15) is 14.4 Å². The highest BCUT2D eigenvalue weighted by atomic mass is 16.6. The first-order valence-corrected chi connectivity index (χ1v) is 31.9. The summed E-state index contributed by atoms with van der Waals surface area (Å²) in [5, 5.41) is 0. The maximum atomic E-state index is 12.9. The van der Waals surface area contributed by atoms with Crippen molar-refractivity contribution in [2.75, 3.05) is 13.2 Å². The summed E-state index contributed by atoms with van der Waals surface area (Å²) in [6.07, 6.45) is 80.5. The second kappa shape index (κ2) is 62.4. The smallest absolute Gasteiger partial charge is 0.306 e. The monoisotopic (exact) mass is 1030 g/mol. The fourth-order valence-corrected chi connectivity index (χ4v) is 9.21. The number of hydrogen-bond acceptors (Lipinski definition) is 6. The van der Waals surface area contributed by atoms with Crippen LogP contribution in [0.3, 0.4) is 0 Å². The molecule has 0 aromatic rings. The van der Waals surface area contributed by atoms with Crippen LogP contribution in [0, 0.1) is 0 Å². The lowest BCUT2D eigenvalue weighted by Gasteiger charge is -2.18. The predicted octanol–water partition coefficient (Wildman–Crippen LogP) is 21.7. The number of rotatable bonds is 58. The van der Waals surface area contributed by atoms with Gasteiger partial charge in [-0.3, -0.25) is 14.4 Å². The summed E-state index contributed by atoms with van der Waals surface area (Å²) < 4.78 is 16.9. The van der Waals surface area contributed by atoms with Gasteiger partial charge in [-0.05, 0) is 70.6 Å². The van der Waals surface area contributed by atoms with Crippen LogP contribution in [0.1, 0.15) is 323 Å². The largest absolute Gasteiger partial charge is 0.462 e. The normalized spacial score (nSPS) is 12.5. The number of ether oxygens (including phenoxy) is 3. The first-order valence-electron chi connectivity index (χ1n) is 31.9. The van der Waals surface area contributed by atoms with Crippen molar-refractivity contribution in [1.29, 1.82) is 0 Å². The Morgan fingerprint density at radius 3 is 0.824 bits per heavy atom. The van der Waals surface area contributed by atoms with E-state index < -0.39 is 6.10 Å². The van der Waals surface area contributed by atoms with Gasteiger partial charge in [-0.2, -0.15) is 0 Å². The molecule has 0 saturated heterocycles. The van der Waals surface area contributed by atoms with E-state index in [1.54, 1.807) is 0 Å². The Morgan fingerprint density at radius 2 is 0.527 bits per heavy atom. The third-order valence-corrected chi connectivity index (χ3v) is 14.0. The molecule has 0 fully saturated rings. The fraction of sp³-hybridized carbons (Fsp3) is 0.779. The number of esters is 3. The Labute approximate surface area is 459 Å². The van der Waals surface area contributed by atoms with Gasteiger partial charge in [0.1, 0.15) is 13.2 Å². The minimum Gasteiger partial charge on any atom is -0.462 e. The van der Waals surface area contributed by atoms with Crippen molar-refractivity contribution in [2.45, 2.75) is 329 Å². The molecular weight excluding hydrogens is 913 g/mol. The zero-order valence-corrected chi connectivity index (χ0v) is 49.1. The molecule has 0 aromatic carbocycles. The highest BCUT2D eigenvalue weighted by Gasteiger charge is 2.19. The molecule has 0 saturated carbocycles. The molecule has 0 heterocycles. The van der Waals surface area contributed by atoms with Crippen molar-refractivity contribution in [3.05, 3.63) is 72.9 Å². The zero-order chi connectivity index (χ0) is 53.6. The van der Waals surface area contributed by atoms with Crippen LogP contribution in [0.5, 0.6) is 0 Å². The summed E-state index contributed by atoms with van der Waals surface area (Å²) >= 11 is 0. The second-order valence-electron chi connectivity index (χ2n) is 21.3. The zero-order valence-electron chi connectivity index (χ0n) is 49.1. The number of carbonyl (C=O) groups is 3. The quantitative estimate of drug-likeness (QED) is 0.0261. The molecule has 0 aliphatic rings. The molecule has 1 atom stereocenters. The van der Waals surface area contributed by atoms with Gasteiger partial charge in [0, 0.05) is 19.3 Å². The lowest BCUT2D eigenvalue weighted by Crippen LogP contribution is -2.30. The maximum absolute atomic E-state index is 12.9. The van der Waals surface area contributed by atoms with Gasteiger partial charge in [0.2, 0.25) is 0 Å². The first kappa shape index (κ1) is 70.8. The number of carbonyl (C=O) groups excluding carboxylic acids is 3. The number of allylic oxidation sites excluding steroid dienone is 12. The van der Waals surface area contributed by atoms with Crippen molar-refractivity contribution >= 4 is 17.9 Å². The van der Waals surface area contributed by atoms with Gasteiger partial charge in [-0.25, -0.2) is 0 Å². The second-order valence-corrected chi connectivity index (χ2v) is 21.3. The summed E-state index contributed by atoms with van der Waals surface area (Å²) in [7, 11) is 0. The Kier molecular flexibility index (Phi) is 59.7. The van der Waals surface area contributed by atoms with Crippen LogP contribution in [0.2, 0.25) is 0 Å². The molecule has 0 spiro atoms. The summed E-state index contributed by atoms with van der Waals surface area (Å²) in [6, 6.07) is 0. The minimum absolute atomic E-state index is 0.0849. The molecular formula is C68H120O6. The molecule has 0 rings (SSSR count). The molecule has 1 unspecified atom stereocenters. The number of hydrogen-bond donors (Lipinski definition) is 0. The molecule has 6 nitrogen and oxygen atoms in total. The minimum atomic E-state index is -0.791. The van der Waals surface area contributed by atoms with Gasteiger partial charge < -0.3 is 14.2 Å². The van der Waals surface area contributed by atoms with Crippen LogP contribution < -0.4 is 0 Å². The van der Waals surface area contributed by atoms with E-state index in [2.05, 4.69) is 93.7 Å². The lowest BCUT2D eigenvalue weighted by molar-refractivity contribution is -0.167. The van der Waals surface area contributed by atoms with Crippen LogP contribution in [-0.4, -0.2) is 37.2 Å². The highest BCUT2D eigenvalue weighted by Crippen LogP contribution is 2.17. The molecule has 428 valence electrons. The molecule has 0 aromatic heterocycles. The van der Waals surface area contributed by atoms with Crippen LogP contribution >= 0.6 is 0 Å². The van der Waals surface area contributed by atoms with Gasteiger partial charge in [-0.1, -0.05) is 306 Å². The topological polar surface area (TPSA) is 78.9 Å². The van der Waals surface area contributed by atoms with E-state index in [-0.39, 0.29) is 31.1 Å². The molecule has 0 aliphatic carbocycles. The molecule has 0 aliphatic heterocycles. The van der Waals surface area contributed by atoms with Gasteiger partial charge in [0.05, 0.1) is 0 Å². The predicted molar refractivity (Wildman–Crippen MR) is 321 cm³/mol. The van der Waals surface area contributed by atoms with Crippen molar-refractivity contribution < 1.29 is 28.6 Å². The molecule has 0 N–H and O–H groups in total. The third kappa shape index (κ3) is 59.7. The van der Waals surface area contributed by atoms with Gasteiger partial charge in [-0.15, -0.1) is 0 Å². The SMILES string of the molecule is CC/C=C\C/C=C\C/C=C\C/C=C\C/C=C\C/C=C\CCCCC(=O)OCC(COC(=O)CCCCCCCCCCCCCCCC)OC(=O)CCCCCCCCCCCCCCCCCCCCCCC. The Balaban J connectivity index is 4.39. The van der Waals surface area contributed by atoms with Crippen molar-refractivity contribution in [1.82, 2.24) is 0 Å². The van der Waals surface area contributed by atoms with Crippen molar-refractivity contribution in [3.8, 4) is 0 Å². The van der Waals surface area contributed by atoms with E-state index in [4.69, 9.17) is 14.2 Å². The summed E-state index contributed by atoms with van der Waals surface area (Å²) in [4.78, 5) is 38.3. The first-order chi connectivity index (χ1) is 36.5. The van der Waals surface area contributed by atoms with Gasteiger partial charge in [0.15, 0.2) is 6.10 Å². The Bertz CT molecular complexity index is 1370. The van der Waals surface area contributed by atoms with E-state index >= 15 is 0 Å². The average molecular weight is 1030 g/mol. The average Bonchev–Trinajstić information content (AvgIpc) is 3.40. The van der Waals surface area contributed by atoms with Gasteiger partial charge >= 0.3 is 17.9 Å². The van der Waals surface area contributed by atoms with Crippen molar-refractivity contribution in [3.63, 3.8) is 0 Å². The maximum Gasteiger partial charge on any atom is 0.306 e. The lowest BCUT2D eigenvalue weighted by atomic mass is 10.0. The van der Waals surface area contributed by atoms with Crippen molar-refractivity contribution in [2.24, 2.45) is 0 Å². The Hall–Kier alpha value is -3.15. The standard InChI is InChI=1S/C68H120O6/c1-4-7-10-13-16-19-22-25-28-30-32-34-36-38-40-43-46-49-52-55-58-61-67(70)73-64-65(63-72-66(69)60-57-54-51-48-45-42-27-24-21-18-15-12-9-6-3)74-68(71)62-59-56-53-50-47-44-41-39-37-35-33-31-29-26-23-20-17-14-11-8-5-2/h7,10,16,19,25,28,32,34,38,40,46,49,65H,4-6,8-9,11-15,17-18,20-24,26-27,29-31,33,35-37,39,41-45,47-48,50-64H2,1-3H3/b10-7-,19-16-,28-25-,34-32-,40-38-,49-46-. The summed E-state index contributed by atoms with van der Waals surface area (Å²) in [5.74, 6) is -0.912. The van der Waals surface area contributed by atoms with E-state index in [0.29, 0.717) is 19.3 Å². The summed E-state index contributed by atoms with van der Waals surface area (Å²) in [6.45, 7) is 6.54. The molecule has 0 amide bonds. The summed E-state index contributed by atoms with van der Waals surface area (Å²) in [5.41, 5.74) is 0. The highest BCUT2D eigenvalue weighted by molar-refractivity contribution is 5.71. The van der Waals surface area contributed by atoms with E-state index in [0.717, 1.165) is 96.3 Å². The molecule has 0 radical (unpaired) electrons. The Morgan fingerprint density at radius 1 is 0.284 bits per heavy atom. The molecule has 6 heteroatoms. The van der Waals surface area contributed by atoms with Crippen LogP contribution in [0.25, 0.3) is 0 Å². The fourth-order valence-electron chi connectivity index (χ4n) is 9.21.